The average Bonchev–Trinajstić information content (AvgIpc) is 2.78. The van der Waals surface area contributed by atoms with Crippen molar-refractivity contribution in [1.82, 2.24) is 10.6 Å². The fourth-order valence-electron chi connectivity index (χ4n) is 1.74. The molecule has 0 aromatic rings. The first-order valence-electron chi connectivity index (χ1n) is 5.85. The van der Waals surface area contributed by atoms with Gasteiger partial charge in [0, 0.05) is 6.54 Å². The monoisotopic (exact) mass is 221 g/mol. The van der Waals surface area contributed by atoms with E-state index in [1.54, 1.807) is 0 Å². The number of nitrogens with one attached hydrogen (secondary N) is 2. The zero-order chi connectivity index (χ0) is 11.6. The van der Waals surface area contributed by atoms with Gasteiger partial charge in [-0.2, -0.15) is 5.26 Å². The fourth-order valence-corrected chi connectivity index (χ4v) is 1.74. The summed E-state index contributed by atoms with van der Waals surface area (Å²) in [6.45, 7) is 1.65. The summed E-state index contributed by atoms with van der Waals surface area (Å²) in [7, 11) is 0. The van der Waals surface area contributed by atoms with Gasteiger partial charge in [0.25, 0.3) is 0 Å². The molecular weight excluding hydrogens is 202 g/mol. The highest BCUT2D eigenvalue weighted by Gasteiger charge is 2.04. The van der Waals surface area contributed by atoms with Gasteiger partial charge in [0.15, 0.2) is 0 Å². The number of nitriles is 1. The van der Waals surface area contributed by atoms with E-state index in [1.165, 1.54) is 24.8 Å². The van der Waals surface area contributed by atoms with Crippen molar-refractivity contribution in [3.63, 3.8) is 0 Å². The first-order valence-corrected chi connectivity index (χ1v) is 5.85. The maximum atomic E-state index is 11.2. The zero-order valence-electron chi connectivity index (χ0n) is 9.59. The highest BCUT2D eigenvalue weighted by Crippen LogP contribution is 2.19. The minimum atomic E-state index is -0.0318. The molecule has 0 unspecified atom stereocenters. The van der Waals surface area contributed by atoms with E-state index in [0.29, 0.717) is 19.5 Å². The van der Waals surface area contributed by atoms with Gasteiger partial charge in [0.2, 0.25) is 5.91 Å². The standard InChI is InChI=1S/C12H19N3O/c13-7-3-8-15-12(16)10-14-9-6-11-4-1-2-5-11/h4,14H,1-3,5-6,8-10H2,(H,15,16). The summed E-state index contributed by atoms with van der Waals surface area (Å²) in [5.41, 5.74) is 1.51. The van der Waals surface area contributed by atoms with E-state index >= 15 is 0 Å². The molecule has 16 heavy (non-hydrogen) atoms. The first-order chi connectivity index (χ1) is 7.83. The summed E-state index contributed by atoms with van der Waals surface area (Å²) in [4.78, 5) is 11.2. The van der Waals surface area contributed by atoms with Gasteiger partial charge in [0.1, 0.15) is 0 Å². The molecule has 1 amide bonds. The predicted octanol–water partition coefficient (Wildman–Crippen LogP) is 1.11. The van der Waals surface area contributed by atoms with Crippen molar-refractivity contribution in [2.24, 2.45) is 0 Å². The van der Waals surface area contributed by atoms with Gasteiger partial charge in [-0.05, 0) is 32.2 Å². The van der Waals surface area contributed by atoms with Crippen LogP contribution < -0.4 is 10.6 Å². The molecule has 0 aliphatic heterocycles. The van der Waals surface area contributed by atoms with Crippen molar-refractivity contribution in [2.45, 2.75) is 32.1 Å². The molecule has 0 aromatic heterocycles. The van der Waals surface area contributed by atoms with Gasteiger partial charge in [-0.15, -0.1) is 0 Å². The molecule has 0 fully saturated rings. The van der Waals surface area contributed by atoms with Crippen LogP contribution in [-0.4, -0.2) is 25.5 Å². The Balaban J connectivity index is 1.94. The summed E-state index contributed by atoms with van der Waals surface area (Å²) < 4.78 is 0. The molecule has 0 radical (unpaired) electrons. The number of allylic oxidation sites excluding steroid dienone is 1. The SMILES string of the molecule is N#CCCNC(=O)CNCCC1=CCCC1. The molecule has 1 rings (SSSR count). The molecule has 1 aliphatic carbocycles. The summed E-state index contributed by atoms with van der Waals surface area (Å²) in [5, 5.41) is 14.1. The number of carbonyl (C=O) groups excluding carboxylic acids is 1. The molecule has 0 aromatic carbocycles. The van der Waals surface area contributed by atoms with Crippen LogP contribution in [0, 0.1) is 11.3 Å². The van der Waals surface area contributed by atoms with Crippen molar-refractivity contribution in [3.8, 4) is 6.07 Å². The Morgan fingerprint density at radius 1 is 1.50 bits per heavy atom. The van der Waals surface area contributed by atoms with E-state index in [4.69, 9.17) is 5.26 Å². The second kappa shape index (κ2) is 7.89. The first kappa shape index (κ1) is 12.7. The Bertz CT molecular complexity index is 291. The van der Waals surface area contributed by atoms with Crippen molar-refractivity contribution < 1.29 is 4.79 Å². The summed E-state index contributed by atoms with van der Waals surface area (Å²) in [5.74, 6) is -0.0318. The van der Waals surface area contributed by atoms with Gasteiger partial charge in [-0.1, -0.05) is 11.6 Å². The largest absolute Gasteiger partial charge is 0.354 e. The molecule has 4 heteroatoms. The third kappa shape index (κ3) is 5.52. The Morgan fingerprint density at radius 2 is 2.38 bits per heavy atom. The predicted molar refractivity (Wildman–Crippen MR) is 62.7 cm³/mol. The lowest BCUT2D eigenvalue weighted by molar-refractivity contribution is -0.120. The molecule has 0 saturated carbocycles. The lowest BCUT2D eigenvalue weighted by Gasteiger charge is -2.05. The molecule has 0 spiro atoms. The van der Waals surface area contributed by atoms with Gasteiger partial charge >= 0.3 is 0 Å². The third-order valence-corrected chi connectivity index (χ3v) is 2.60. The minimum absolute atomic E-state index is 0.0318. The van der Waals surface area contributed by atoms with E-state index in [9.17, 15) is 4.79 Å². The second-order valence-corrected chi connectivity index (χ2v) is 3.94. The minimum Gasteiger partial charge on any atom is -0.354 e. The normalized spacial score (nSPS) is 14.3. The highest BCUT2D eigenvalue weighted by atomic mass is 16.1. The van der Waals surface area contributed by atoms with E-state index in [-0.39, 0.29) is 5.91 Å². The highest BCUT2D eigenvalue weighted by molar-refractivity contribution is 5.77. The van der Waals surface area contributed by atoms with Crippen LogP contribution in [0.1, 0.15) is 32.1 Å². The van der Waals surface area contributed by atoms with Crippen LogP contribution in [0.4, 0.5) is 0 Å². The Morgan fingerprint density at radius 3 is 3.06 bits per heavy atom. The van der Waals surface area contributed by atoms with Crippen molar-refractivity contribution in [2.75, 3.05) is 19.6 Å². The number of nitrogens with zero attached hydrogens (tertiary/aromatic N) is 1. The molecular formula is C12H19N3O. The summed E-state index contributed by atoms with van der Waals surface area (Å²) in [6, 6.07) is 1.98. The van der Waals surface area contributed by atoms with Crippen molar-refractivity contribution >= 4 is 5.91 Å². The lowest BCUT2D eigenvalue weighted by atomic mass is 10.2. The quantitative estimate of drug-likeness (QED) is 0.500. The maximum Gasteiger partial charge on any atom is 0.233 e. The third-order valence-electron chi connectivity index (χ3n) is 2.60. The molecule has 0 heterocycles. The van der Waals surface area contributed by atoms with Crippen molar-refractivity contribution in [1.29, 1.82) is 5.26 Å². The Hall–Kier alpha value is -1.34. The van der Waals surface area contributed by atoms with Crippen LogP contribution in [0.5, 0.6) is 0 Å². The second-order valence-electron chi connectivity index (χ2n) is 3.94. The Kier molecular flexibility index (Phi) is 6.28. The zero-order valence-corrected chi connectivity index (χ0v) is 9.59. The van der Waals surface area contributed by atoms with Crippen LogP contribution >= 0.6 is 0 Å². The molecule has 88 valence electrons. The van der Waals surface area contributed by atoms with E-state index in [0.717, 1.165) is 13.0 Å². The number of rotatable bonds is 7. The van der Waals surface area contributed by atoms with Crippen LogP contribution in [0.2, 0.25) is 0 Å². The molecule has 4 nitrogen and oxygen atoms in total. The molecule has 0 saturated heterocycles. The molecule has 0 atom stereocenters. The van der Waals surface area contributed by atoms with Gasteiger partial charge in [-0.25, -0.2) is 0 Å². The van der Waals surface area contributed by atoms with Crippen LogP contribution in [0.25, 0.3) is 0 Å². The van der Waals surface area contributed by atoms with Gasteiger partial charge in [0.05, 0.1) is 19.0 Å². The van der Waals surface area contributed by atoms with Crippen molar-refractivity contribution in [3.05, 3.63) is 11.6 Å². The molecule has 2 N–H and O–H groups in total. The van der Waals surface area contributed by atoms with Crippen LogP contribution in [-0.2, 0) is 4.79 Å². The van der Waals surface area contributed by atoms with Gasteiger partial charge in [-0.3, -0.25) is 4.79 Å². The Labute approximate surface area is 96.7 Å². The smallest absolute Gasteiger partial charge is 0.233 e. The molecule has 0 bridgehead atoms. The van der Waals surface area contributed by atoms with E-state index in [2.05, 4.69) is 16.7 Å². The van der Waals surface area contributed by atoms with Crippen LogP contribution in [0.15, 0.2) is 11.6 Å². The fraction of sp³-hybridized carbons (Fsp3) is 0.667. The topological polar surface area (TPSA) is 64.9 Å². The number of hydrogen-bond acceptors (Lipinski definition) is 3. The lowest BCUT2D eigenvalue weighted by Crippen LogP contribution is -2.34. The number of hydrogen-bond donors (Lipinski definition) is 2. The summed E-state index contributed by atoms with van der Waals surface area (Å²) >= 11 is 0. The van der Waals surface area contributed by atoms with E-state index < -0.39 is 0 Å². The van der Waals surface area contributed by atoms with Gasteiger partial charge < -0.3 is 10.6 Å². The van der Waals surface area contributed by atoms with Crippen LogP contribution in [0.3, 0.4) is 0 Å². The van der Waals surface area contributed by atoms with E-state index in [1.807, 2.05) is 6.07 Å². The number of carbonyl (C=O) groups is 1. The molecule has 1 aliphatic rings. The summed E-state index contributed by atoms with van der Waals surface area (Å²) in [6.07, 6.45) is 7.43. The maximum absolute atomic E-state index is 11.2. The number of amides is 1. The average molecular weight is 221 g/mol.